The molecule has 3 rings (SSSR count). The number of hydrogen-bond donors (Lipinski definition) is 1. The number of ketones is 1. The molecule has 0 unspecified atom stereocenters. The molecule has 1 heterocycles. The van der Waals surface area contributed by atoms with Gasteiger partial charge in [-0.2, -0.15) is 0 Å². The molecule has 0 atom stereocenters. The zero-order chi connectivity index (χ0) is 25.2. The predicted molar refractivity (Wildman–Crippen MR) is 134 cm³/mol. The number of aromatic nitrogens is 1. The monoisotopic (exact) mass is 471 g/mol. The molecule has 0 spiro atoms. The highest BCUT2D eigenvalue weighted by atomic mass is 19.1. The van der Waals surface area contributed by atoms with E-state index in [9.17, 15) is 4.79 Å². The van der Waals surface area contributed by atoms with Crippen LogP contribution in [0.3, 0.4) is 0 Å². The highest BCUT2D eigenvalue weighted by molar-refractivity contribution is 6.00. The number of ether oxygens (including phenoxy) is 3. The van der Waals surface area contributed by atoms with E-state index in [0.717, 1.165) is 17.0 Å². The Morgan fingerprint density at radius 1 is 1.12 bits per heavy atom. The molecule has 0 saturated heterocycles. The van der Waals surface area contributed by atoms with E-state index in [1.807, 2.05) is 38.1 Å². The van der Waals surface area contributed by atoms with Gasteiger partial charge in [-0.3, -0.25) is 4.79 Å². The van der Waals surface area contributed by atoms with Gasteiger partial charge in [-0.25, -0.2) is 4.39 Å². The Hall–Kier alpha value is -3.42. The van der Waals surface area contributed by atoms with Gasteiger partial charge in [-0.1, -0.05) is 13.8 Å². The lowest BCUT2D eigenvalue weighted by atomic mass is 9.96. The Morgan fingerprint density at radius 2 is 1.79 bits per heavy atom. The molecule has 0 fully saturated rings. The minimum atomic E-state index is -0.590. The number of nitrogen functional groups attached to an aromatic ring is 1. The molecule has 0 bridgehead atoms. The molecule has 0 radical (unpaired) electrons. The summed E-state index contributed by atoms with van der Waals surface area (Å²) >= 11 is 0. The molecule has 34 heavy (non-hydrogen) atoms. The lowest BCUT2D eigenvalue weighted by molar-refractivity contribution is 0.0973. The summed E-state index contributed by atoms with van der Waals surface area (Å²) in [5.41, 5.74) is 8.60. The average Bonchev–Trinajstić information content (AvgIpc) is 3.10. The summed E-state index contributed by atoms with van der Waals surface area (Å²) < 4.78 is 33.6. The fourth-order valence-electron chi connectivity index (χ4n) is 4.07. The van der Waals surface area contributed by atoms with Crippen molar-refractivity contribution in [2.75, 3.05) is 45.1 Å². The van der Waals surface area contributed by atoms with Gasteiger partial charge in [0, 0.05) is 31.2 Å². The van der Waals surface area contributed by atoms with Crippen LogP contribution < -0.4 is 24.8 Å². The maximum Gasteiger partial charge on any atom is 0.197 e. The first-order valence-electron chi connectivity index (χ1n) is 11.4. The van der Waals surface area contributed by atoms with Crippen LogP contribution in [0.2, 0.25) is 0 Å². The number of nitrogens with zero attached hydrogens (tertiary/aromatic N) is 2. The van der Waals surface area contributed by atoms with Crippen LogP contribution in [0.25, 0.3) is 10.8 Å². The van der Waals surface area contributed by atoms with Crippen molar-refractivity contribution in [3.05, 3.63) is 41.3 Å². The fourth-order valence-corrected chi connectivity index (χ4v) is 4.07. The number of halogens is 1. The van der Waals surface area contributed by atoms with E-state index >= 15 is 4.39 Å². The molecule has 3 aromatic rings. The normalized spacial score (nSPS) is 11.2. The molecule has 7 nitrogen and oxygen atoms in total. The predicted octanol–water partition coefficient (Wildman–Crippen LogP) is 5.24. The van der Waals surface area contributed by atoms with Crippen molar-refractivity contribution in [2.45, 2.75) is 40.2 Å². The minimum absolute atomic E-state index is 0.0278. The van der Waals surface area contributed by atoms with Gasteiger partial charge < -0.3 is 29.4 Å². The lowest BCUT2D eigenvalue weighted by Crippen LogP contribution is -2.16. The lowest BCUT2D eigenvalue weighted by Gasteiger charge is -2.22. The van der Waals surface area contributed by atoms with E-state index < -0.39 is 5.82 Å². The fraction of sp³-hybridized carbons (Fsp3) is 0.423. The molecule has 0 aliphatic heterocycles. The SMILES string of the molecule is CCOc1cc2cn(CC(=O)c3cc(C(C)C)c(OC)c(N(C)C)c3)c(N)c2c(F)c1OCC. The van der Waals surface area contributed by atoms with Crippen LogP contribution in [-0.4, -0.2) is 44.8 Å². The van der Waals surface area contributed by atoms with Gasteiger partial charge in [0.15, 0.2) is 23.1 Å². The Balaban J connectivity index is 2.07. The summed E-state index contributed by atoms with van der Waals surface area (Å²) in [6.45, 7) is 8.31. The number of fused-ring (bicyclic) bond motifs is 1. The molecule has 2 N–H and O–H groups in total. The number of Topliss-reactive ketones (excluding diaryl/α,β-unsaturated/α-hetero) is 1. The quantitative estimate of drug-likeness (QED) is 0.408. The maximum atomic E-state index is 15.3. The highest BCUT2D eigenvalue weighted by Crippen LogP contribution is 2.40. The van der Waals surface area contributed by atoms with E-state index in [-0.39, 0.29) is 41.8 Å². The third kappa shape index (κ3) is 4.62. The van der Waals surface area contributed by atoms with Crippen LogP contribution in [0.4, 0.5) is 15.9 Å². The summed E-state index contributed by atoms with van der Waals surface area (Å²) in [6, 6.07) is 5.37. The average molecular weight is 472 g/mol. The number of nitrogens with two attached hydrogens (primary N) is 1. The number of rotatable bonds is 10. The van der Waals surface area contributed by atoms with Gasteiger partial charge >= 0.3 is 0 Å². The zero-order valence-corrected chi connectivity index (χ0v) is 21.0. The van der Waals surface area contributed by atoms with Gasteiger partial charge in [0.2, 0.25) is 0 Å². The van der Waals surface area contributed by atoms with E-state index in [1.54, 1.807) is 30.9 Å². The first kappa shape index (κ1) is 25.2. The van der Waals surface area contributed by atoms with E-state index in [4.69, 9.17) is 19.9 Å². The first-order chi connectivity index (χ1) is 16.1. The highest BCUT2D eigenvalue weighted by Gasteiger charge is 2.23. The van der Waals surface area contributed by atoms with Crippen molar-refractivity contribution in [3.63, 3.8) is 0 Å². The summed E-state index contributed by atoms with van der Waals surface area (Å²) in [7, 11) is 5.44. The van der Waals surface area contributed by atoms with Gasteiger partial charge in [0.25, 0.3) is 0 Å². The van der Waals surface area contributed by atoms with Gasteiger partial charge in [-0.05, 0) is 43.5 Å². The van der Waals surface area contributed by atoms with Gasteiger partial charge in [-0.15, -0.1) is 0 Å². The Morgan fingerprint density at radius 3 is 2.35 bits per heavy atom. The van der Waals surface area contributed by atoms with Gasteiger partial charge in [0.1, 0.15) is 11.6 Å². The van der Waals surface area contributed by atoms with Crippen LogP contribution in [-0.2, 0) is 6.54 Å². The second-order valence-electron chi connectivity index (χ2n) is 8.58. The van der Waals surface area contributed by atoms with Crippen molar-refractivity contribution < 1.29 is 23.4 Å². The van der Waals surface area contributed by atoms with Crippen molar-refractivity contribution in [1.29, 1.82) is 0 Å². The summed E-state index contributed by atoms with van der Waals surface area (Å²) in [4.78, 5) is 15.3. The molecule has 1 aromatic heterocycles. The number of hydrogen-bond acceptors (Lipinski definition) is 6. The number of anilines is 2. The molecule has 8 heteroatoms. The molecule has 0 amide bonds. The smallest absolute Gasteiger partial charge is 0.197 e. The van der Waals surface area contributed by atoms with Crippen LogP contribution in [0.5, 0.6) is 17.2 Å². The standard InChI is InChI=1S/C26H34FN3O4/c1-8-33-21-12-17-13-30(26(28)22(17)23(27)25(21)34-9-2)14-20(31)16-10-18(15(3)4)24(32-7)19(11-16)29(5)6/h10-13,15H,8-9,14,28H2,1-7H3. The summed E-state index contributed by atoms with van der Waals surface area (Å²) in [5.74, 6) is 0.670. The Kier molecular flexibility index (Phi) is 7.59. The first-order valence-corrected chi connectivity index (χ1v) is 11.4. The molecule has 2 aromatic carbocycles. The van der Waals surface area contributed by atoms with E-state index in [2.05, 4.69) is 13.8 Å². The molecular formula is C26H34FN3O4. The number of carbonyl (C=O) groups excluding carboxylic acids is 1. The van der Waals surface area contributed by atoms with Crippen molar-refractivity contribution in [3.8, 4) is 17.2 Å². The third-order valence-corrected chi connectivity index (χ3v) is 5.71. The van der Waals surface area contributed by atoms with Crippen LogP contribution >= 0.6 is 0 Å². The number of methoxy groups -OCH3 is 1. The number of benzene rings is 2. The van der Waals surface area contributed by atoms with Crippen molar-refractivity contribution >= 4 is 28.1 Å². The molecule has 0 aliphatic carbocycles. The van der Waals surface area contributed by atoms with E-state index in [1.165, 1.54) is 0 Å². The topological polar surface area (TPSA) is 79.0 Å². The molecule has 0 saturated carbocycles. The van der Waals surface area contributed by atoms with Crippen LogP contribution in [0, 0.1) is 5.82 Å². The van der Waals surface area contributed by atoms with Crippen LogP contribution in [0.15, 0.2) is 24.4 Å². The summed E-state index contributed by atoms with van der Waals surface area (Å²) in [6.07, 6.45) is 1.67. The van der Waals surface area contributed by atoms with Crippen molar-refractivity contribution in [1.82, 2.24) is 4.57 Å². The molecule has 0 aliphatic rings. The number of carbonyl (C=O) groups is 1. The van der Waals surface area contributed by atoms with E-state index in [0.29, 0.717) is 23.3 Å². The Labute approximate surface area is 200 Å². The third-order valence-electron chi connectivity index (χ3n) is 5.71. The second kappa shape index (κ2) is 10.2. The van der Waals surface area contributed by atoms with Gasteiger partial charge in [0.05, 0.1) is 37.9 Å². The molecular weight excluding hydrogens is 437 g/mol. The zero-order valence-electron chi connectivity index (χ0n) is 21.0. The summed E-state index contributed by atoms with van der Waals surface area (Å²) in [5, 5.41) is 0.757. The molecule has 184 valence electrons. The minimum Gasteiger partial charge on any atom is -0.494 e. The van der Waals surface area contributed by atoms with Crippen LogP contribution in [0.1, 0.15) is 49.5 Å². The maximum absolute atomic E-state index is 15.3. The van der Waals surface area contributed by atoms with Crippen molar-refractivity contribution in [2.24, 2.45) is 0 Å². The Bertz CT molecular complexity index is 1170. The largest absolute Gasteiger partial charge is 0.494 e. The second-order valence-corrected chi connectivity index (χ2v) is 8.58.